The maximum Gasteiger partial charge on any atom is 0.303 e. The second-order valence-corrected chi connectivity index (χ2v) is 9.32. The van der Waals surface area contributed by atoms with E-state index in [2.05, 4.69) is 15.5 Å². The minimum atomic E-state index is -1.15. The fourth-order valence-electron chi connectivity index (χ4n) is 3.96. The predicted octanol–water partition coefficient (Wildman–Crippen LogP) is 1.71. The minimum Gasteiger partial charge on any atom is -0.463 e. The minimum absolute atomic E-state index is 0.273. The Labute approximate surface area is 218 Å². The van der Waals surface area contributed by atoms with Crippen molar-refractivity contribution in [3.8, 4) is 11.4 Å². The first-order valence-electron chi connectivity index (χ1n) is 11.7. The number of benzene rings is 1. The Morgan fingerprint density at radius 1 is 0.973 bits per heavy atom. The van der Waals surface area contributed by atoms with Crippen LogP contribution in [0, 0.1) is 0 Å². The lowest BCUT2D eigenvalue weighted by molar-refractivity contribution is -0.211. The summed E-state index contributed by atoms with van der Waals surface area (Å²) >= 11 is 1.15. The molecule has 12 nitrogen and oxygen atoms in total. The zero-order valence-electron chi connectivity index (χ0n) is 21.2. The second kappa shape index (κ2) is 12.7. The maximum atomic E-state index is 12.2. The number of amides is 1. The van der Waals surface area contributed by atoms with Gasteiger partial charge in [0.1, 0.15) is 24.2 Å². The standard InChI is InChI=1S/C24H30N4O8S/c1-6-28-22(17-10-8-7-9-11-17)26-27-24(28)37-23-19(25-13(2)29)21(35-16(5)32)20(34-15(4)31)18(36-23)12-33-14(3)30/h7-11,18-21,23H,6,12H2,1-5H3,(H,25,29)/t18-,19+,20+,21-,23-/m0/s1. The molecule has 3 rings (SSSR count). The molecule has 0 radical (unpaired) electrons. The third-order valence-electron chi connectivity index (χ3n) is 5.36. The molecule has 37 heavy (non-hydrogen) atoms. The van der Waals surface area contributed by atoms with E-state index >= 15 is 0 Å². The Morgan fingerprint density at radius 3 is 2.19 bits per heavy atom. The number of hydrogen-bond donors (Lipinski definition) is 1. The van der Waals surface area contributed by atoms with Crippen molar-refractivity contribution in [3.05, 3.63) is 30.3 Å². The fourth-order valence-corrected chi connectivity index (χ4v) is 5.16. The number of nitrogens with one attached hydrogen (secondary N) is 1. The molecule has 1 fully saturated rings. The monoisotopic (exact) mass is 534 g/mol. The summed E-state index contributed by atoms with van der Waals surface area (Å²) in [6, 6.07) is 8.58. The van der Waals surface area contributed by atoms with Gasteiger partial charge in [-0.25, -0.2) is 0 Å². The quantitative estimate of drug-likeness (QED) is 0.370. The fraction of sp³-hybridized carbons (Fsp3) is 0.500. The highest BCUT2D eigenvalue weighted by Gasteiger charge is 2.51. The largest absolute Gasteiger partial charge is 0.463 e. The number of carbonyl (C=O) groups is 4. The summed E-state index contributed by atoms with van der Waals surface area (Å²) in [6.45, 7) is 7.14. The molecule has 1 N–H and O–H groups in total. The van der Waals surface area contributed by atoms with E-state index in [4.69, 9.17) is 18.9 Å². The van der Waals surface area contributed by atoms with Gasteiger partial charge in [0.15, 0.2) is 23.2 Å². The summed E-state index contributed by atoms with van der Waals surface area (Å²) in [7, 11) is 0. The van der Waals surface area contributed by atoms with Crippen LogP contribution in [-0.4, -0.2) is 75.0 Å². The number of ether oxygens (including phenoxy) is 4. The Bertz CT molecular complexity index is 1130. The molecule has 1 aromatic heterocycles. The second-order valence-electron chi connectivity index (χ2n) is 8.25. The number of aromatic nitrogens is 3. The molecule has 2 aromatic rings. The smallest absolute Gasteiger partial charge is 0.303 e. The van der Waals surface area contributed by atoms with Gasteiger partial charge < -0.3 is 28.8 Å². The molecule has 0 aliphatic carbocycles. The van der Waals surface area contributed by atoms with Gasteiger partial charge >= 0.3 is 17.9 Å². The average Bonchev–Trinajstić information content (AvgIpc) is 3.23. The van der Waals surface area contributed by atoms with Crippen LogP contribution < -0.4 is 5.32 Å². The van der Waals surface area contributed by atoms with Gasteiger partial charge in [-0.1, -0.05) is 42.1 Å². The van der Waals surface area contributed by atoms with Crippen molar-refractivity contribution in [2.45, 2.75) is 76.1 Å². The van der Waals surface area contributed by atoms with Gasteiger partial charge in [0.25, 0.3) is 0 Å². The molecule has 1 aromatic carbocycles. The van der Waals surface area contributed by atoms with Crippen molar-refractivity contribution < 1.29 is 38.1 Å². The van der Waals surface area contributed by atoms with Crippen LogP contribution in [0.4, 0.5) is 0 Å². The Morgan fingerprint density at radius 2 is 1.62 bits per heavy atom. The molecular formula is C24H30N4O8S. The summed E-state index contributed by atoms with van der Waals surface area (Å²) in [5.41, 5.74) is -0.00846. The van der Waals surface area contributed by atoms with Crippen LogP contribution in [0.5, 0.6) is 0 Å². The number of carbonyl (C=O) groups excluding carboxylic acids is 4. The van der Waals surface area contributed by atoms with E-state index in [0.717, 1.165) is 17.3 Å². The van der Waals surface area contributed by atoms with Gasteiger partial charge in [-0.2, -0.15) is 0 Å². The molecule has 1 aliphatic heterocycles. The molecule has 2 heterocycles. The first-order chi connectivity index (χ1) is 17.6. The first kappa shape index (κ1) is 28.1. The molecule has 200 valence electrons. The van der Waals surface area contributed by atoms with Crippen molar-refractivity contribution in [2.24, 2.45) is 0 Å². The molecular weight excluding hydrogens is 504 g/mol. The van der Waals surface area contributed by atoms with E-state index in [1.54, 1.807) is 0 Å². The summed E-state index contributed by atoms with van der Waals surface area (Å²) in [5, 5.41) is 11.9. The van der Waals surface area contributed by atoms with Gasteiger partial charge in [0.05, 0.1) is 0 Å². The third kappa shape index (κ3) is 7.29. The van der Waals surface area contributed by atoms with Crippen LogP contribution in [0.2, 0.25) is 0 Å². The van der Waals surface area contributed by atoms with Crippen molar-refractivity contribution in [1.29, 1.82) is 0 Å². The predicted molar refractivity (Wildman–Crippen MR) is 131 cm³/mol. The van der Waals surface area contributed by atoms with Gasteiger partial charge in [-0.05, 0) is 6.92 Å². The Hall–Kier alpha value is -3.45. The Balaban J connectivity index is 2.02. The summed E-state index contributed by atoms with van der Waals surface area (Å²) in [5.74, 6) is -1.66. The SMILES string of the molecule is CCn1c(S[C@@H]2O[C@@H](COC(C)=O)[C@@H](OC(C)=O)[C@@H](OC(C)=O)[C@H]2NC(C)=O)nnc1-c1ccccc1. The third-order valence-corrected chi connectivity index (χ3v) is 6.51. The molecule has 0 bridgehead atoms. The summed E-state index contributed by atoms with van der Waals surface area (Å²) < 4.78 is 24.2. The normalized spacial score (nSPS) is 23.1. The molecule has 0 saturated carbocycles. The highest BCUT2D eigenvalue weighted by atomic mass is 32.2. The van der Waals surface area contributed by atoms with Gasteiger partial charge in [-0.15, -0.1) is 10.2 Å². The maximum absolute atomic E-state index is 12.2. The first-order valence-corrected chi connectivity index (χ1v) is 12.5. The van der Waals surface area contributed by atoms with Crippen LogP contribution >= 0.6 is 11.8 Å². The number of thioether (sulfide) groups is 1. The van der Waals surface area contributed by atoms with E-state index in [0.29, 0.717) is 17.5 Å². The van der Waals surface area contributed by atoms with E-state index < -0.39 is 53.6 Å². The molecule has 5 atom stereocenters. The van der Waals surface area contributed by atoms with Crippen LogP contribution in [0.3, 0.4) is 0 Å². The lowest BCUT2D eigenvalue weighted by Gasteiger charge is -2.44. The molecule has 0 unspecified atom stereocenters. The van der Waals surface area contributed by atoms with Crippen molar-refractivity contribution in [1.82, 2.24) is 20.1 Å². The van der Waals surface area contributed by atoms with E-state index in [1.807, 2.05) is 41.8 Å². The topological polar surface area (TPSA) is 148 Å². The molecule has 13 heteroatoms. The lowest BCUT2D eigenvalue weighted by atomic mass is 9.97. The number of nitrogens with zero attached hydrogens (tertiary/aromatic N) is 3. The van der Waals surface area contributed by atoms with Crippen LogP contribution in [0.15, 0.2) is 35.5 Å². The highest BCUT2D eigenvalue weighted by molar-refractivity contribution is 7.99. The van der Waals surface area contributed by atoms with Gasteiger partial charge in [0, 0.05) is 39.8 Å². The number of hydrogen-bond acceptors (Lipinski definition) is 11. The summed E-state index contributed by atoms with van der Waals surface area (Å²) in [6.07, 6.45) is -3.28. The number of esters is 3. The van der Waals surface area contributed by atoms with Gasteiger partial charge in [0.2, 0.25) is 5.91 Å². The van der Waals surface area contributed by atoms with Gasteiger partial charge in [-0.3, -0.25) is 19.2 Å². The molecule has 0 spiro atoms. The van der Waals surface area contributed by atoms with Crippen molar-refractivity contribution in [2.75, 3.05) is 6.61 Å². The van der Waals surface area contributed by atoms with Crippen LogP contribution in [0.1, 0.15) is 34.6 Å². The lowest BCUT2D eigenvalue weighted by Crippen LogP contribution is -2.65. The van der Waals surface area contributed by atoms with E-state index in [-0.39, 0.29) is 6.61 Å². The van der Waals surface area contributed by atoms with E-state index in [1.165, 1.54) is 27.7 Å². The number of rotatable bonds is 9. The van der Waals surface area contributed by atoms with Crippen molar-refractivity contribution >= 4 is 35.6 Å². The highest BCUT2D eigenvalue weighted by Crippen LogP contribution is 2.36. The average molecular weight is 535 g/mol. The summed E-state index contributed by atoms with van der Waals surface area (Å²) in [4.78, 5) is 47.6. The zero-order chi connectivity index (χ0) is 27.1. The Kier molecular flexibility index (Phi) is 9.64. The zero-order valence-corrected chi connectivity index (χ0v) is 22.0. The van der Waals surface area contributed by atoms with E-state index in [9.17, 15) is 19.2 Å². The van der Waals surface area contributed by atoms with Crippen molar-refractivity contribution in [3.63, 3.8) is 0 Å². The molecule has 1 saturated heterocycles. The molecule has 1 aliphatic rings. The van der Waals surface area contributed by atoms with Crippen LogP contribution in [-0.2, 0) is 44.7 Å². The van der Waals surface area contributed by atoms with Crippen LogP contribution in [0.25, 0.3) is 11.4 Å². The molecule has 1 amide bonds.